The monoisotopic (exact) mass is 312 g/mol. The Kier molecular flexibility index (Phi) is 6.68. The second kappa shape index (κ2) is 8.26. The van der Waals surface area contributed by atoms with Crippen LogP contribution >= 0.6 is 11.6 Å². The number of hydrogen-bond acceptors (Lipinski definition) is 3. The molecule has 1 aromatic carbocycles. The van der Waals surface area contributed by atoms with Crippen molar-refractivity contribution >= 4 is 29.5 Å². The van der Waals surface area contributed by atoms with E-state index in [1.165, 1.54) is 0 Å². The molecule has 0 fully saturated rings. The Morgan fingerprint density at radius 2 is 1.90 bits per heavy atom. The number of carbonyl (C=O) groups is 3. The van der Waals surface area contributed by atoms with Gasteiger partial charge >= 0.3 is 12.0 Å². The molecule has 7 heteroatoms. The highest BCUT2D eigenvalue weighted by molar-refractivity contribution is 6.31. The van der Waals surface area contributed by atoms with Gasteiger partial charge in [0, 0.05) is 24.4 Å². The molecule has 114 valence electrons. The highest BCUT2D eigenvalue weighted by atomic mass is 35.5. The van der Waals surface area contributed by atoms with E-state index >= 15 is 0 Å². The van der Waals surface area contributed by atoms with Crippen LogP contribution in [0.1, 0.15) is 25.3 Å². The molecule has 1 unspecified atom stereocenters. The number of halogens is 1. The number of carboxylic acid groups (broad SMARTS) is 1. The molecule has 0 saturated heterocycles. The molecular formula is C14H17ClN2O4. The van der Waals surface area contributed by atoms with Crippen molar-refractivity contribution in [3.63, 3.8) is 0 Å². The van der Waals surface area contributed by atoms with E-state index < -0.39 is 17.9 Å². The second-order valence-corrected chi connectivity index (χ2v) is 5.14. The van der Waals surface area contributed by atoms with Crippen LogP contribution in [0.25, 0.3) is 0 Å². The van der Waals surface area contributed by atoms with Gasteiger partial charge in [-0.05, 0) is 17.5 Å². The summed E-state index contributed by atoms with van der Waals surface area (Å²) in [6.45, 7) is 1.83. The van der Waals surface area contributed by atoms with E-state index in [0.717, 1.165) is 5.56 Å². The molecule has 3 N–H and O–H groups in total. The summed E-state index contributed by atoms with van der Waals surface area (Å²) < 4.78 is 0. The molecule has 6 nitrogen and oxygen atoms in total. The minimum Gasteiger partial charge on any atom is -0.481 e. The number of rotatable bonds is 6. The maximum Gasteiger partial charge on any atom is 0.321 e. The molecule has 3 amide bonds. The number of carboxylic acids is 1. The lowest BCUT2D eigenvalue weighted by Gasteiger charge is -2.10. The molecule has 0 radical (unpaired) electrons. The number of amides is 3. The lowest BCUT2D eigenvalue weighted by molar-refractivity contribution is -0.138. The van der Waals surface area contributed by atoms with Gasteiger partial charge in [0.25, 0.3) is 0 Å². The van der Waals surface area contributed by atoms with E-state index in [2.05, 4.69) is 10.6 Å². The van der Waals surface area contributed by atoms with E-state index in [1.54, 1.807) is 31.2 Å². The summed E-state index contributed by atoms with van der Waals surface area (Å²) in [5, 5.41) is 13.8. The molecule has 0 aliphatic rings. The summed E-state index contributed by atoms with van der Waals surface area (Å²) in [6.07, 6.45) is -0.138. The number of hydrogen-bond donors (Lipinski definition) is 3. The van der Waals surface area contributed by atoms with E-state index in [9.17, 15) is 14.4 Å². The Bertz CT molecular complexity index is 533. The van der Waals surface area contributed by atoms with Crippen LogP contribution in [-0.2, 0) is 16.1 Å². The van der Waals surface area contributed by atoms with Gasteiger partial charge in [-0.1, -0.05) is 36.7 Å². The molecular weight excluding hydrogens is 296 g/mol. The largest absolute Gasteiger partial charge is 0.481 e. The normalized spacial score (nSPS) is 11.5. The molecule has 0 bridgehead atoms. The van der Waals surface area contributed by atoms with Crippen molar-refractivity contribution in [1.82, 2.24) is 10.6 Å². The SMILES string of the molecule is CC(CC(=O)O)CC(=O)NC(=O)NCc1ccccc1Cl. The number of benzene rings is 1. The molecule has 0 heterocycles. The highest BCUT2D eigenvalue weighted by Gasteiger charge is 2.14. The van der Waals surface area contributed by atoms with E-state index in [1.807, 2.05) is 0 Å². The Morgan fingerprint density at radius 3 is 2.52 bits per heavy atom. The number of aliphatic carboxylic acids is 1. The fourth-order valence-electron chi connectivity index (χ4n) is 1.73. The third-order valence-electron chi connectivity index (χ3n) is 2.71. The first-order chi connectivity index (χ1) is 9.88. The third-order valence-corrected chi connectivity index (χ3v) is 3.08. The quantitative estimate of drug-likeness (QED) is 0.750. The summed E-state index contributed by atoms with van der Waals surface area (Å²) >= 11 is 5.94. The van der Waals surface area contributed by atoms with Crippen molar-refractivity contribution in [2.75, 3.05) is 0 Å². The summed E-state index contributed by atoms with van der Waals surface area (Å²) in [7, 11) is 0. The van der Waals surface area contributed by atoms with Crippen molar-refractivity contribution in [3.8, 4) is 0 Å². The minimum absolute atomic E-state index is 0.0220. The zero-order valence-electron chi connectivity index (χ0n) is 11.6. The number of imide groups is 1. The van der Waals surface area contributed by atoms with Gasteiger partial charge in [0.05, 0.1) is 0 Å². The van der Waals surface area contributed by atoms with Crippen molar-refractivity contribution in [3.05, 3.63) is 34.9 Å². The minimum atomic E-state index is -0.974. The highest BCUT2D eigenvalue weighted by Crippen LogP contribution is 2.14. The van der Waals surface area contributed by atoms with Gasteiger partial charge in [0.2, 0.25) is 5.91 Å². The first-order valence-electron chi connectivity index (χ1n) is 6.41. The average Bonchev–Trinajstić information content (AvgIpc) is 2.36. The van der Waals surface area contributed by atoms with Gasteiger partial charge in [-0.15, -0.1) is 0 Å². The Labute approximate surface area is 127 Å². The van der Waals surface area contributed by atoms with Crippen LogP contribution in [0.5, 0.6) is 0 Å². The van der Waals surface area contributed by atoms with Crippen LogP contribution in [0.4, 0.5) is 4.79 Å². The predicted octanol–water partition coefficient (Wildman–Crippen LogP) is 2.17. The van der Waals surface area contributed by atoms with Crippen LogP contribution in [-0.4, -0.2) is 23.0 Å². The number of urea groups is 1. The van der Waals surface area contributed by atoms with Crippen LogP contribution in [0.15, 0.2) is 24.3 Å². The van der Waals surface area contributed by atoms with Gasteiger partial charge in [-0.3, -0.25) is 14.9 Å². The third kappa shape index (κ3) is 6.76. The first-order valence-corrected chi connectivity index (χ1v) is 6.79. The zero-order valence-corrected chi connectivity index (χ0v) is 12.3. The van der Waals surface area contributed by atoms with E-state index in [4.69, 9.17) is 16.7 Å². The van der Waals surface area contributed by atoms with E-state index in [-0.39, 0.29) is 25.3 Å². The molecule has 1 atom stereocenters. The molecule has 21 heavy (non-hydrogen) atoms. The summed E-state index contributed by atoms with van der Waals surface area (Å²) in [4.78, 5) is 33.6. The van der Waals surface area contributed by atoms with Crippen LogP contribution in [0.3, 0.4) is 0 Å². The van der Waals surface area contributed by atoms with Crippen molar-refractivity contribution in [2.45, 2.75) is 26.3 Å². The average molecular weight is 313 g/mol. The number of carbonyl (C=O) groups excluding carboxylic acids is 2. The standard InChI is InChI=1S/C14H17ClN2O4/c1-9(7-13(19)20)6-12(18)17-14(21)16-8-10-4-2-3-5-11(10)15/h2-5,9H,6-8H2,1H3,(H,19,20)(H2,16,17,18,21). The lowest BCUT2D eigenvalue weighted by atomic mass is 10.0. The Morgan fingerprint density at radius 1 is 1.24 bits per heavy atom. The van der Waals surface area contributed by atoms with Gasteiger partial charge in [0.15, 0.2) is 0 Å². The molecule has 0 aromatic heterocycles. The van der Waals surface area contributed by atoms with Crippen molar-refractivity contribution in [2.24, 2.45) is 5.92 Å². The molecule has 0 saturated carbocycles. The maximum absolute atomic E-state index is 11.5. The van der Waals surface area contributed by atoms with Crippen LogP contribution in [0, 0.1) is 5.92 Å². The first kappa shape index (κ1) is 17.0. The van der Waals surface area contributed by atoms with Gasteiger partial charge in [-0.2, -0.15) is 0 Å². The predicted molar refractivity (Wildman–Crippen MR) is 77.9 cm³/mol. The topological polar surface area (TPSA) is 95.5 Å². The second-order valence-electron chi connectivity index (χ2n) is 4.73. The molecule has 1 rings (SSSR count). The van der Waals surface area contributed by atoms with Gasteiger partial charge in [0.1, 0.15) is 0 Å². The lowest BCUT2D eigenvalue weighted by Crippen LogP contribution is -2.39. The van der Waals surface area contributed by atoms with Gasteiger partial charge in [-0.25, -0.2) is 4.79 Å². The van der Waals surface area contributed by atoms with Crippen LogP contribution < -0.4 is 10.6 Å². The molecule has 0 aliphatic carbocycles. The summed E-state index contributed by atoms with van der Waals surface area (Å²) in [5.74, 6) is -1.82. The van der Waals surface area contributed by atoms with Crippen LogP contribution in [0.2, 0.25) is 5.02 Å². The van der Waals surface area contributed by atoms with E-state index in [0.29, 0.717) is 5.02 Å². The Balaban J connectivity index is 2.35. The van der Waals surface area contributed by atoms with Gasteiger partial charge < -0.3 is 10.4 Å². The zero-order chi connectivity index (χ0) is 15.8. The fraction of sp³-hybridized carbons (Fsp3) is 0.357. The smallest absolute Gasteiger partial charge is 0.321 e. The van der Waals surface area contributed by atoms with Crippen molar-refractivity contribution in [1.29, 1.82) is 0 Å². The molecule has 0 aliphatic heterocycles. The van der Waals surface area contributed by atoms with Crippen molar-refractivity contribution < 1.29 is 19.5 Å². The fourth-order valence-corrected chi connectivity index (χ4v) is 1.93. The molecule has 1 aromatic rings. The molecule has 0 spiro atoms. The maximum atomic E-state index is 11.5. The Hall–Kier alpha value is -2.08. The summed E-state index contributed by atoms with van der Waals surface area (Å²) in [6, 6.07) is 6.40. The summed E-state index contributed by atoms with van der Waals surface area (Å²) in [5.41, 5.74) is 0.737. The number of nitrogens with one attached hydrogen (secondary N) is 2.